The van der Waals surface area contributed by atoms with Crippen molar-refractivity contribution in [3.05, 3.63) is 134 Å². The van der Waals surface area contributed by atoms with Crippen molar-refractivity contribution in [2.45, 2.75) is 32.6 Å². The highest BCUT2D eigenvalue weighted by Crippen LogP contribution is 2.39. The van der Waals surface area contributed by atoms with E-state index in [1.807, 2.05) is 31.2 Å². The summed E-state index contributed by atoms with van der Waals surface area (Å²) in [6, 6.07) is 24.0. The van der Waals surface area contributed by atoms with Crippen molar-refractivity contribution in [3.8, 4) is 11.5 Å². The molecule has 5 rings (SSSR count). The second kappa shape index (κ2) is 28.0. The number of carbonyl (C=O) groups excluding carboxylic acids is 5. The summed E-state index contributed by atoms with van der Waals surface area (Å²) < 4.78 is 84.1. The van der Waals surface area contributed by atoms with Crippen LogP contribution in [0.5, 0.6) is 11.5 Å². The molecule has 0 N–H and O–H groups in total. The highest BCUT2D eigenvalue weighted by Gasteiger charge is 2.34. The van der Waals surface area contributed by atoms with Gasteiger partial charge in [-0.15, -0.1) is 0 Å². The third-order valence-corrected chi connectivity index (χ3v) is 8.13. The molecule has 0 heterocycles. The summed E-state index contributed by atoms with van der Waals surface area (Å²) in [5.41, 5.74) is 0.909. The first-order valence-corrected chi connectivity index (χ1v) is 18.6. The summed E-state index contributed by atoms with van der Waals surface area (Å²) in [6.45, 7) is 3.98. The predicted octanol–water partition coefficient (Wildman–Crippen LogP) is 13.3. The molecule has 0 saturated heterocycles. The number of halogens is 9. The molecule has 21 heteroatoms. The van der Waals surface area contributed by atoms with Gasteiger partial charge in [-0.25, -0.2) is 24.0 Å². The van der Waals surface area contributed by atoms with Crippen LogP contribution in [0.4, 0.5) is 54.8 Å². The number of alkyl halides is 6. The van der Waals surface area contributed by atoms with Gasteiger partial charge in [-0.05, 0) is 97.3 Å². The quantitative estimate of drug-likeness (QED) is 0.0847. The minimum Gasteiger partial charge on any atom is -0.494 e. The first-order chi connectivity index (χ1) is 29.8. The van der Waals surface area contributed by atoms with E-state index in [4.69, 9.17) is 32.7 Å². The number of rotatable bonds is 8. The zero-order valence-corrected chi connectivity index (χ0v) is 36.0. The molecule has 0 bridgehead atoms. The Balaban J connectivity index is 0.000000395. The Morgan fingerprint density at radius 2 is 1.03 bits per heavy atom. The first kappa shape index (κ1) is 54.3. The highest BCUT2D eigenvalue weighted by atomic mass is 79.9. The lowest BCUT2D eigenvalue weighted by molar-refractivity contribution is -0.137. The first-order valence-electron chi connectivity index (χ1n) is 17.0. The number of hydrogen-bond acceptors (Lipinski definition) is 12. The molecule has 0 amide bonds. The third-order valence-electron chi connectivity index (χ3n) is 7.16. The topological polar surface area (TPSA) is 166 Å². The van der Waals surface area contributed by atoms with Crippen LogP contribution in [0.3, 0.4) is 0 Å². The van der Waals surface area contributed by atoms with Crippen molar-refractivity contribution in [1.29, 1.82) is 0 Å². The molecule has 0 saturated carbocycles. The van der Waals surface area contributed by atoms with Gasteiger partial charge in [0.25, 0.3) is 0 Å². The van der Waals surface area contributed by atoms with Gasteiger partial charge < -0.3 is 9.47 Å². The normalized spacial score (nSPS) is 9.73. The fraction of sp³-hybridized carbons (Fsp3) is 0.167. The predicted molar refractivity (Wildman–Crippen MR) is 226 cm³/mol. The highest BCUT2D eigenvalue weighted by molar-refractivity contribution is 9.10. The zero-order chi connectivity index (χ0) is 47.6. The van der Waals surface area contributed by atoms with E-state index >= 15 is 0 Å². The van der Waals surface area contributed by atoms with Crippen LogP contribution in [-0.4, -0.2) is 44.6 Å². The van der Waals surface area contributed by atoms with E-state index in [9.17, 15) is 50.3 Å². The van der Waals surface area contributed by atoms with E-state index in [1.165, 1.54) is 50.2 Å². The molecule has 5 aromatic rings. The summed E-state index contributed by atoms with van der Waals surface area (Å²) in [5, 5.41) is 0.471. The van der Waals surface area contributed by atoms with Gasteiger partial charge in [0.1, 0.15) is 22.9 Å². The molecule has 0 fully saturated rings. The van der Waals surface area contributed by atoms with Gasteiger partial charge in [-0.1, -0.05) is 64.3 Å². The summed E-state index contributed by atoms with van der Waals surface area (Å²) >= 11 is 14.0. The van der Waals surface area contributed by atoms with E-state index in [2.05, 4.69) is 47.8 Å². The molecule has 5 aromatic carbocycles. The lowest BCUT2D eigenvalue weighted by Crippen LogP contribution is -2.05. The van der Waals surface area contributed by atoms with Gasteiger partial charge in [0.05, 0.1) is 42.4 Å². The molecule has 0 unspecified atom stereocenters. The van der Waals surface area contributed by atoms with E-state index < -0.39 is 34.9 Å². The Morgan fingerprint density at radius 3 is 1.54 bits per heavy atom. The fourth-order valence-corrected chi connectivity index (χ4v) is 5.09. The molecule has 0 radical (unpaired) electrons. The average Bonchev–Trinajstić information content (AvgIpc) is 3.24. The molecule has 0 atom stereocenters. The number of ether oxygens (including phenoxy) is 2. The Labute approximate surface area is 373 Å². The lowest BCUT2D eigenvalue weighted by Gasteiger charge is -2.08. The number of hydrogen-bond donors (Lipinski definition) is 0. The number of aryl methyl sites for hydroxylation is 2. The van der Waals surface area contributed by atoms with Gasteiger partial charge in [0.2, 0.25) is 30.4 Å². The van der Waals surface area contributed by atoms with E-state index in [0.717, 1.165) is 42.3 Å². The van der Waals surface area contributed by atoms with Gasteiger partial charge >= 0.3 is 12.4 Å². The van der Waals surface area contributed by atoms with Gasteiger partial charge in [0, 0.05) is 20.6 Å². The number of isocyanates is 5. The number of aliphatic imine (C=N–C) groups is 5. The largest absolute Gasteiger partial charge is 0.494 e. The summed E-state index contributed by atoms with van der Waals surface area (Å²) in [5.74, 6) is 1.05. The van der Waals surface area contributed by atoms with Gasteiger partial charge in [0.15, 0.2) is 0 Å². The van der Waals surface area contributed by atoms with E-state index in [-0.39, 0.29) is 9.50 Å². The minimum atomic E-state index is -4.58. The van der Waals surface area contributed by atoms with Crippen LogP contribution in [0.15, 0.2) is 126 Å². The number of methoxy groups -OCH3 is 2. The Morgan fingerprint density at radius 1 is 0.556 bits per heavy atom. The van der Waals surface area contributed by atoms with E-state index in [1.54, 1.807) is 36.4 Å². The molecule has 0 aliphatic rings. The Kier molecular flexibility index (Phi) is 24.1. The maximum Gasteiger partial charge on any atom is 0.418 e. The SMILES string of the molecule is CCc1cccc(N=C=O)c1.COc1cc(Cl)ccc1N=C=O.COc1ccc(C)cc1N=C=O.O=C=Nc1ccc(Br)cc1C(F)(F)F.O=C=Nc1ccc(Cl)cc1C(F)(F)F. The molecule has 0 aromatic heterocycles. The molecular formula is C42H30BrCl2F6N5O7. The Hall–Kier alpha value is -6.76. The fourth-order valence-electron chi connectivity index (χ4n) is 4.39. The maximum atomic E-state index is 12.3. The second-order valence-electron chi connectivity index (χ2n) is 11.3. The van der Waals surface area contributed by atoms with Crippen LogP contribution in [0, 0.1) is 6.92 Å². The molecule has 328 valence electrons. The minimum absolute atomic E-state index is 0.0674. The monoisotopic (exact) mass is 979 g/mol. The van der Waals surface area contributed by atoms with Crippen LogP contribution in [0.1, 0.15) is 29.2 Å². The maximum absolute atomic E-state index is 12.3. The molecule has 0 spiro atoms. The second-order valence-corrected chi connectivity index (χ2v) is 13.1. The molecule has 12 nitrogen and oxygen atoms in total. The summed E-state index contributed by atoms with van der Waals surface area (Å²) in [6.07, 6.45) is -1.61. The van der Waals surface area contributed by atoms with Crippen LogP contribution >= 0.6 is 39.1 Å². The molecule has 0 aliphatic carbocycles. The average molecular weight is 982 g/mol. The Bertz CT molecular complexity index is 2490. The van der Waals surface area contributed by atoms with Crippen molar-refractivity contribution >= 4 is 98.0 Å². The zero-order valence-electron chi connectivity index (χ0n) is 32.9. The van der Waals surface area contributed by atoms with Crippen LogP contribution in [-0.2, 0) is 42.7 Å². The molecule has 63 heavy (non-hydrogen) atoms. The third kappa shape index (κ3) is 20.1. The van der Waals surface area contributed by atoms with Crippen molar-refractivity contribution in [3.63, 3.8) is 0 Å². The number of nitrogens with zero attached hydrogens (tertiary/aromatic N) is 5. The van der Waals surface area contributed by atoms with E-state index in [0.29, 0.717) is 39.7 Å². The van der Waals surface area contributed by atoms with Crippen LogP contribution < -0.4 is 9.47 Å². The van der Waals surface area contributed by atoms with Gasteiger partial charge in [-0.2, -0.15) is 51.3 Å². The van der Waals surface area contributed by atoms with Crippen LogP contribution in [0.2, 0.25) is 10.0 Å². The lowest BCUT2D eigenvalue weighted by atomic mass is 10.1. The van der Waals surface area contributed by atoms with Crippen molar-refractivity contribution in [2.75, 3.05) is 14.2 Å². The molecule has 0 aliphatic heterocycles. The standard InChI is InChI=1S/C9H9NO2.C9H9NO.C8H3BrF3NO.C8H3ClF3NO.C8H6ClNO2/c1-7-3-4-9(12-2)8(5-7)10-6-11;1-2-8-4-3-5-9(6-8)10-7-11;2*9-5-1-2-7(13-4-14)6(3-5)8(10,11)12;1-12-8-4-6(9)2-3-7(8)10-5-11/h3-5H,1-2H3;3-6H,2H2,1H3;2*1-3H;2-4H,1H3. The van der Waals surface area contributed by atoms with Crippen molar-refractivity contribution < 1.29 is 59.8 Å². The number of benzene rings is 5. The van der Waals surface area contributed by atoms with Gasteiger partial charge in [-0.3, -0.25) is 0 Å². The smallest absolute Gasteiger partial charge is 0.418 e. The van der Waals surface area contributed by atoms with Crippen LogP contribution in [0.25, 0.3) is 0 Å². The molecular weight excluding hydrogens is 951 g/mol. The summed E-state index contributed by atoms with van der Waals surface area (Å²) in [7, 11) is 3.02. The van der Waals surface area contributed by atoms with Crippen molar-refractivity contribution in [1.82, 2.24) is 0 Å². The summed E-state index contributed by atoms with van der Waals surface area (Å²) in [4.78, 5) is 65.9. The van der Waals surface area contributed by atoms with Crippen molar-refractivity contribution in [2.24, 2.45) is 25.0 Å².